The predicted octanol–water partition coefficient (Wildman–Crippen LogP) is 1.80. The second-order valence-corrected chi connectivity index (χ2v) is 6.92. The molecule has 2 rings (SSSR count). The Morgan fingerprint density at radius 3 is 2.78 bits per heavy atom. The molecule has 2 unspecified atom stereocenters. The van der Waals surface area contributed by atoms with Crippen molar-refractivity contribution in [1.82, 2.24) is 5.32 Å². The Morgan fingerprint density at radius 1 is 1.33 bits per heavy atom. The molecule has 1 heterocycles. The molecular weight excluding hydrogens is 260 g/mol. The first-order chi connectivity index (χ1) is 8.37. The van der Waals surface area contributed by atoms with Crippen molar-refractivity contribution in [2.45, 2.75) is 25.4 Å². The van der Waals surface area contributed by atoms with Crippen LogP contribution in [0.25, 0.3) is 0 Å². The maximum Gasteiger partial charge on any atom is 0.152 e. The van der Waals surface area contributed by atoms with E-state index in [1.54, 1.807) is 0 Å². The van der Waals surface area contributed by atoms with Gasteiger partial charge in [0.15, 0.2) is 9.84 Å². The lowest BCUT2D eigenvalue weighted by Crippen LogP contribution is -2.31. The first-order valence-corrected chi connectivity index (χ1v) is 7.61. The van der Waals surface area contributed by atoms with Crippen LogP contribution in [0.15, 0.2) is 18.2 Å². The Balaban J connectivity index is 2.38. The molecule has 1 aliphatic rings. The van der Waals surface area contributed by atoms with E-state index in [0.29, 0.717) is 6.42 Å². The van der Waals surface area contributed by atoms with Crippen LogP contribution in [0.4, 0.5) is 8.78 Å². The largest absolute Gasteiger partial charge is 0.306 e. The lowest BCUT2D eigenvalue weighted by Gasteiger charge is -2.19. The average Bonchev–Trinajstić information content (AvgIpc) is 2.41. The molecule has 0 bridgehead atoms. The summed E-state index contributed by atoms with van der Waals surface area (Å²) in [4.78, 5) is 0. The SMILES string of the molecule is CC1CCS(=O)(=O)CC(c2cc(F)ccc2F)N1. The highest BCUT2D eigenvalue weighted by atomic mass is 32.2. The molecule has 1 N–H and O–H groups in total. The number of benzene rings is 1. The van der Waals surface area contributed by atoms with Crippen molar-refractivity contribution in [3.8, 4) is 0 Å². The van der Waals surface area contributed by atoms with Gasteiger partial charge in [0.2, 0.25) is 0 Å². The average molecular weight is 275 g/mol. The molecule has 2 atom stereocenters. The summed E-state index contributed by atoms with van der Waals surface area (Å²) in [6.45, 7) is 1.84. The Kier molecular flexibility index (Phi) is 3.68. The van der Waals surface area contributed by atoms with Crippen molar-refractivity contribution >= 4 is 9.84 Å². The zero-order chi connectivity index (χ0) is 13.3. The Bertz CT molecular complexity index is 545. The van der Waals surface area contributed by atoms with E-state index in [1.165, 1.54) is 0 Å². The maximum atomic E-state index is 13.7. The van der Waals surface area contributed by atoms with Crippen LogP contribution in [0, 0.1) is 11.6 Å². The van der Waals surface area contributed by atoms with E-state index in [9.17, 15) is 17.2 Å². The van der Waals surface area contributed by atoms with Gasteiger partial charge in [-0.3, -0.25) is 0 Å². The van der Waals surface area contributed by atoms with Gasteiger partial charge in [-0.25, -0.2) is 17.2 Å². The molecule has 1 aromatic rings. The third-order valence-corrected chi connectivity index (χ3v) is 4.80. The Labute approximate surface area is 105 Å². The van der Waals surface area contributed by atoms with Crippen LogP contribution in [-0.4, -0.2) is 26.0 Å². The molecule has 6 heteroatoms. The summed E-state index contributed by atoms with van der Waals surface area (Å²) in [5.41, 5.74) is 0.0762. The molecule has 0 aliphatic carbocycles. The normalized spacial score (nSPS) is 27.7. The number of nitrogens with one attached hydrogen (secondary N) is 1. The molecule has 0 radical (unpaired) electrons. The molecule has 100 valence electrons. The van der Waals surface area contributed by atoms with E-state index in [-0.39, 0.29) is 23.1 Å². The maximum absolute atomic E-state index is 13.7. The fourth-order valence-corrected chi connectivity index (χ4v) is 3.79. The molecule has 1 fully saturated rings. The zero-order valence-corrected chi connectivity index (χ0v) is 10.8. The number of hydrogen-bond acceptors (Lipinski definition) is 3. The Morgan fingerprint density at radius 2 is 2.06 bits per heavy atom. The molecule has 1 aliphatic heterocycles. The Hall–Kier alpha value is -1.01. The van der Waals surface area contributed by atoms with Crippen molar-refractivity contribution in [2.75, 3.05) is 11.5 Å². The lowest BCUT2D eigenvalue weighted by atomic mass is 10.1. The molecule has 0 spiro atoms. The van der Waals surface area contributed by atoms with Gasteiger partial charge in [-0.1, -0.05) is 0 Å². The minimum Gasteiger partial charge on any atom is -0.306 e. The van der Waals surface area contributed by atoms with Gasteiger partial charge in [0.05, 0.1) is 11.5 Å². The van der Waals surface area contributed by atoms with Gasteiger partial charge >= 0.3 is 0 Å². The van der Waals surface area contributed by atoms with Crippen LogP contribution < -0.4 is 5.32 Å². The van der Waals surface area contributed by atoms with Crippen molar-refractivity contribution in [2.24, 2.45) is 0 Å². The van der Waals surface area contributed by atoms with Crippen molar-refractivity contribution < 1.29 is 17.2 Å². The summed E-state index contributed by atoms with van der Waals surface area (Å²) in [5.74, 6) is -1.27. The van der Waals surface area contributed by atoms with Crippen LogP contribution in [-0.2, 0) is 9.84 Å². The minimum atomic E-state index is -3.23. The topological polar surface area (TPSA) is 46.2 Å². The molecule has 0 aromatic heterocycles. The smallest absolute Gasteiger partial charge is 0.152 e. The second-order valence-electron chi connectivity index (χ2n) is 4.69. The van der Waals surface area contributed by atoms with Crippen LogP contribution in [0.5, 0.6) is 0 Å². The van der Waals surface area contributed by atoms with Gasteiger partial charge in [0, 0.05) is 17.6 Å². The minimum absolute atomic E-state index is 0.0463. The quantitative estimate of drug-likeness (QED) is 0.850. The van der Waals surface area contributed by atoms with Gasteiger partial charge in [0.1, 0.15) is 11.6 Å². The number of halogens is 2. The number of rotatable bonds is 1. The lowest BCUT2D eigenvalue weighted by molar-refractivity contribution is 0.463. The number of hydrogen-bond donors (Lipinski definition) is 1. The molecule has 18 heavy (non-hydrogen) atoms. The number of sulfone groups is 1. The molecule has 3 nitrogen and oxygen atoms in total. The van der Waals surface area contributed by atoms with Crippen molar-refractivity contribution in [1.29, 1.82) is 0 Å². The first kappa shape index (κ1) is 13.4. The van der Waals surface area contributed by atoms with E-state index >= 15 is 0 Å². The summed E-state index contributed by atoms with van der Waals surface area (Å²) in [5, 5.41) is 3.03. The van der Waals surface area contributed by atoms with E-state index < -0.39 is 27.5 Å². The third kappa shape index (κ3) is 3.05. The van der Waals surface area contributed by atoms with Gasteiger partial charge in [-0.15, -0.1) is 0 Å². The first-order valence-electron chi connectivity index (χ1n) is 5.79. The van der Waals surface area contributed by atoms with Gasteiger partial charge in [-0.05, 0) is 31.5 Å². The monoisotopic (exact) mass is 275 g/mol. The van der Waals surface area contributed by atoms with Crippen molar-refractivity contribution in [3.05, 3.63) is 35.4 Å². The van der Waals surface area contributed by atoms with Gasteiger partial charge in [0.25, 0.3) is 0 Å². The second kappa shape index (κ2) is 4.93. The summed E-state index contributed by atoms with van der Waals surface area (Å²) in [7, 11) is -3.23. The van der Waals surface area contributed by atoms with Crippen LogP contribution in [0.3, 0.4) is 0 Å². The molecule has 0 saturated carbocycles. The van der Waals surface area contributed by atoms with Gasteiger partial charge in [-0.2, -0.15) is 0 Å². The predicted molar refractivity (Wildman–Crippen MR) is 65.0 cm³/mol. The summed E-state index contributed by atoms with van der Waals surface area (Å²) < 4.78 is 50.3. The fourth-order valence-electron chi connectivity index (χ4n) is 2.13. The van der Waals surface area contributed by atoms with Crippen molar-refractivity contribution in [3.63, 3.8) is 0 Å². The zero-order valence-electron chi connectivity index (χ0n) is 9.99. The van der Waals surface area contributed by atoms with Crippen LogP contribution in [0.2, 0.25) is 0 Å². The summed E-state index contributed by atoms with van der Waals surface area (Å²) >= 11 is 0. The molecule has 0 amide bonds. The highest BCUT2D eigenvalue weighted by molar-refractivity contribution is 7.91. The molecule has 1 saturated heterocycles. The summed E-state index contributed by atoms with van der Waals surface area (Å²) in [6, 6.07) is 2.36. The fraction of sp³-hybridized carbons (Fsp3) is 0.500. The van der Waals surface area contributed by atoms with E-state index in [1.807, 2.05) is 6.92 Å². The van der Waals surface area contributed by atoms with Crippen LogP contribution >= 0.6 is 0 Å². The molecule has 1 aromatic carbocycles. The van der Waals surface area contributed by atoms with Gasteiger partial charge < -0.3 is 5.32 Å². The van der Waals surface area contributed by atoms with E-state index in [0.717, 1.165) is 18.2 Å². The van der Waals surface area contributed by atoms with E-state index in [2.05, 4.69) is 5.32 Å². The molecular formula is C12H15F2NO2S. The van der Waals surface area contributed by atoms with Crippen LogP contribution in [0.1, 0.15) is 24.9 Å². The summed E-state index contributed by atoms with van der Waals surface area (Å²) in [6.07, 6.45) is 0.482. The highest BCUT2D eigenvalue weighted by Gasteiger charge is 2.28. The standard InChI is InChI=1S/C12H15F2NO2S/c1-8-4-5-18(16,17)7-12(15-8)10-6-9(13)2-3-11(10)14/h2-3,6,8,12,15H,4-5,7H2,1H3. The van der Waals surface area contributed by atoms with E-state index in [4.69, 9.17) is 0 Å². The highest BCUT2D eigenvalue weighted by Crippen LogP contribution is 2.23. The third-order valence-electron chi connectivity index (χ3n) is 3.10.